The van der Waals surface area contributed by atoms with E-state index in [1.54, 1.807) is 6.07 Å². The molecule has 0 N–H and O–H groups in total. The van der Waals surface area contributed by atoms with Gasteiger partial charge in [0.2, 0.25) is 0 Å². The quantitative estimate of drug-likeness (QED) is 0.758. The molecule has 0 radical (unpaired) electrons. The molecule has 0 spiro atoms. The monoisotopic (exact) mass is 312 g/mol. The zero-order valence-electron chi connectivity index (χ0n) is 9.50. The zero-order valence-corrected chi connectivity index (χ0v) is 11.1. The van der Waals surface area contributed by atoms with Gasteiger partial charge in [-0.15, -0.1) is 0 Å². The highest BCUT2D eigenvalue weighted by molar-refractivity contribution is 9.08. The van der Waals surface area contributed by atoms with Crippen LogP contribution in [0.2, 0.25) is 0 Å². The van der Waals surface area contributed by atoms with Crippen LogP contribution in [0.1, 0.15) is 11.1 Å². The summed E-state index contributed by atoms with van der Waals surface area (Å²) in [4.78, 5) is 0. The molecule has 0 unspecified atom stereocenters. The average Bonchev–Trinajstić information content (AvgIpc) is 2.40. The Balaban J connectivity index is 2.14. The number of alkyl halides is 1. The highest BCUT2D eigenvalue weighted by atomic mass is 79.9. The molecule has 0 bridgehead atoms. The first-order valence-corrected chi connectivity index (χ1v) is 6.53. The highest BCUT2D eigenvalue weighted by Crippen LogP contribution is 2.22. The van der Waals surface area contributed by atoms with E-state index in [1.165, 1.54) is 0 Å². The van der Waals surface area contributed by atoms with Gasteiger partial charge in [0.25, 0.3) is 0 Å². The van der Waals surface area contributed by atoms with Gasteiger partial charge in [-0.2, -0.15) is 0 Å². The molecule has 0 aliphatic rings. The van der Waals surface area contributed by atoms with E-state index in [9.17, 15) is 8.78 Å². The first kappa shape index (κ1) is 13.0. The maximum absolute atomic E-state index is 13.4. The lowest BCUT2D eigenvalue weighted by molar-refractivity contribution is 0.297. The average molecular weight is 313 g/mol. The van der Waals surface area contributed by atoms with Crippen molar-refractivity contribution in [2.75, 3.05) is 0 Å². The van der Waals surface area contributed by atoms with Crippen molar-refractivity contribution in [3.63, 3.8) is 0 Å². The minimum absolute atomic E-state index is 0.00755. The predicted molar refractivity (Wildman–Crippen MR) is 69.8 cm³/mol. The molecule has 0 aromatic heterocycles. The van der Waals surface area contributed by atoms with Crippen LogP contribution in [0.5, 0.6) is 5.75 Å². The van der Waals surface area contributed by atoms with E-state index in [2.05, 4.69) is 15.9 Å². The van der Waals surface area contributed by atoms with Crippen molar-refractivity contribution >= 4 is 15.9 Å². The maximum Gasteiger partial charge on any atom is 0.130 e. The largest absolute Gasteiger partial charge is 0.488 e. The van der Waals surface area contributed by atoms with Crippen molar-refractivity contribution in [1.82, 2.24) is 0 Å². The summed E-state index contributed by atoms with van der Waals surface area (Å²) in [6, 6.07) is 10.8. The van der Waals surface area contributed by atoms with Gasteiger partial charge in [0.15, 0.2) is 0 Å². The molecule has 1 nitrogen and oxygen atoms in total. The minimum atomic E-state index is -0.469. The van der Waals surface area contributed by atoms with Gasteiger partial charge in [0, 0.05) is 16.5 Å². The Hall–Kier alpha value is -1.42. The number of para-hydroxylation sites is 1. The van der Waals surface area contributed by atoms with E-state index in [4.69, 9.17) is 4.74 Å². The maximum atomic E-state index is 13.4. The number of hydrogen-bond donors (Lipinski definition) is 0. The Morgan fingerprint density at radius 3 is 2.56 bits per heavy atom. The molecule has 2 aromatic rings. The van der Waals surface area contributed by atoms with Gasteiger partial charge in [-0.1, -0.05) is 34.1 Å². The molecular weight excluding hydrogens is 302 g/mol. The molecule has 0 saturated heterocycles. The van der Waals surface area contributed by atoms with Crippen LogP contribution in [-0.2, 0) is 11.9 Å². The van der Waals surface area contributed by atoms with Crippen molar-refractivity contribution in [2.45, 2.75) is 11.9 Å². The fraction of sp³-hybridized carbons (Fsp3) is 0.143. The first-order valence-electron chi connectivity index (χ1n) is 5.41. The van der Waals surface area contributed by atoms with Crippen LogP contribution >= 0.6 is 15.9 Å². The molecule has 0 fully saturated rings. The number of ether oxygens (including phenoxy) is 1. The Labute approximate surface area is 113 Å². The molecule has 4 heteroatoms. The molecule has 2 aromatic carbocycles. The summed E-state index contributed by atoms with van der Waals surface area (Å²) in [5.74, 6) is -0.269. The second kappa shape index (κ2) is 5.96. The first-order chi connectivity index (χ1) is 8.70. The summed E-state index contributed by atoms with van der Waals surface area (Å²) in [7, 11) is 0. The van der Waals surface area contributed by atoms with Crippen molar-refractivity contribution in [3.8, 4) is 5.75 Å². The molecular formula is C14H11BrF2O. The third-order valence-electron chi connectivity index (χ3n) is 2.51. The highest BCUT2D eigenvalue weighted by Gasteiger charge is 2.06. The summed E-state index contributed by atoms with van der Waals surface area (Å²) in [5.41, 5.74) is 1.17. The predicted octanol–water partition coefficient (Wildman–Crippen LogP) is 4.44. The summed E-state index contributed by atoms with van der Waals surface area (Å²) in [6.45, 7) is 0.00755. The van der Waals surface area contributed by atoms with Crippen LogP contribution in [0.15, 0.2) is 42.5 Å². The lowest BCUT2D eigenvalue weighted by Gasteiger charge is -2.10. The van der Waals surface area contributed by atoms with Gasteiger partial charge in [-0.3, -0.25) is 0 Å². The summed E-state index contributed by atoms with van der Waals surface area (Å²) >= 11 is 3.35. The Kier molecular flexibility index (Phi) is 4.31. The molecule has 0 aliphatic heterocycles. The van der Waals surface area contributed by atoms with E-state index < -0.39 is 11.6 Å². The molecule has 0 amide bonds. The normalized spacial score (nSPS) is 10.4. The summed E-state index contributed by atoms with van der Waals surface area (Å²) in [5, 5.41) is 0.648. The van der Waals surface area contributed by atoms with Crippen LogP contribution in [0.4, 0.5) is 8.78 Å². The van der Waals surface area contributed by atoms with Gasteiger partial charge < -0.3 is 4.74 Å². The van der Waals surface area contributed by atoms with Gasteiger partial charge in [-0.05, 0) is 24.3 Å². The lowest BCUT2D eigenvalue weighted by atomic mass is 10.2. The van der Waals surface area contributed by atoms with Crippen LogP contribution < -0.4 is 4.74 Å². The topological polar surface area (TPSA) is 9.23 Å². The van der Waals surface area contributed by atoms with Gasteiger partial charge in [-0.25, -0.2) is 8.78 Å². The fourth-order valence-corrected chi connectivity index (χ4v) is 2.03. The number of benzene rings is 2. The molecule has 94 valence electrons. The number of halogens is 3. The number of rotatable bonds is 4. The van der Waals surface area contributed by atoms with Crippen molar-refractivity contribution in [2.24, 2.45) is 0 Å². The Morgan fingerprint density at radius 2 is 1.78 bits per heavy atom. The van der Waals surface area contributed by atoms with Crippen LogP contribution in [-0.4, -0.2) is 0 Å². The Bertz CT molecular complexity index is 543. The van der Waals surface area contributed by atoms with Crippen LogP contribution in [0.3, 0.4) is 0 Å². The van der Waals surface area contributed by atoms with E-state index in [0.717, 1.165) is 23.8 Å². The molecule has 0 atom stereocenters. The van der Waals surface area contributed by atoms with Crippen LogP contribution in [0, 0.1) is 11.6 Å². The minimum Gasteiger partial charge on any atom is -0.488 e. The summed E-state index contributed by atoms with van der Waals surface area (Å²) in [6.07, 6.45) is 0. The van der Waals surface area contributed by atoms with Crippen molar-refractivity contribution < 1.29 is 13.5 Å². The van der Waals surface area contributed by atoms with Gasteiger partial charge >= 0.3 is 0 Å². The molecule has 0 aliphatic carbocycles. The van der Waals surface area contributed by atoms with E-state index in [0.29, 0.717) is 11.1 Å². The molecule has 2 rings (SSSR count). The van der Waals surface area contributed by atoms with Crippen molar-refractivity contribution in [1.29, 1.82) is 0 Å². The zero-order chi connectivity index (χ0) is 13.0. The fourth-order valence-electron chi connectivity index (χ4n) is 1.56. The molecule has 0 heterocycles. The standard InChI is InChI=1S/C14H11BrF2O/c15-8-10-3-1-2-4-14(10)18-9-11-7-12(16)5-6-13(11)17/h1-7H,8-9H2. The van der Waals surface area contributed by atoms with E-state index in [1.807, 2.05) is 18.2 Å². The molecule has 18 heavy (non-hydrogen) atoms. The lowest BCUT2D eigenvalue weighted by Crippen LogP contribution is -2.00. The molecule has 0 saturated carbocycles. The third kappa shape index (κ3) is 3.07. The van der Waals surface area contributed by atoms with E-state index >= 15 is 0 Å². The van der Waals surface area contributed by atoms with Gasteiger partial charge in [0.1, 0.15) is 24.0 Å². The second-order valence-corrected chi connectivity index (χ2v) is 4.33. The van der Waals surface area contributed by atoms with Gasteiger partial charge in [0.05, 0.1) is 0 Å². The smallest absolute Gasteiger partial charge is 0.130 e. The van der Waals surface area contributed by atoms with Crippen molar-refractivity contribution in [3.05, 3.63) is 65.2 Å². The Morgan fingerprint density at radius 1 is 1.00 bits per heavy atom. The summed E-state index contributed by atoms with van der Waals surface area (Å²) < 4.78 is 31.9. The second-order valence-electron chi connectivity index (χ2n) is 3.77. The van der Waals surface area contributed by atoms with Crippen LogP contribution in [0.25, 0.3) is 0 Å². The SMILES string of the molecule is Fc1ccc(F)c(COc2ccccc2CBr)c1. The number of hydrogen-bond acceptors (Lipinski definition) is 1. The van der Waals surface area contributed by atoms with E-state index in [-0.39, 0.29) is 12.2 Å². The third-order valence-corrected chi connectivity index (χ3v) is 3.11.